The quantitative estimate of drug-likeness (QED) is 0.584. The van der Waals surface area contributed by atoms with Gasteiger partial charge in [-0.15, -0.1) is 0 Å². The van der Waals surface area contributed by atoms with Gasteiger partial charge in [0.15, 0.2) is 22.8 Å². The third kappa shape index (κ3) is 4.27. The molecule has 0 bridgehead atoms. The molecule has 8 nitrogen and oxygen atoms in total. The van der Waals surface area contributed by atoms with E-state index in [0.29, 0.717) is 10.9 Å². The number of fused-ring (bicyclic) bond motifs is 1. The van der Waals surface area contributed by atoms with Crippen molar-refractivity contribution in [3.63, 3.8) is 0 Å². The van der Waals surface area contributed by atoms with Crippen molar-refractivity contribution in [3.8, 4) is 28.5 Å². The fourth-order valence-corrected chi connectivity index (χ4v) is 3.11. The molecule has 1 amide bonds. The number of amides is 1. The summed E-state index contributed by atoms with van der Waals surface area (Å²) in [6, 6.07) is 3.65. The second-order valence-corrected chi connectivity index (χ2v) is 7.01. The predicted molar refractivity (Wildman–Crippen MR) is 110 cm³/mol. The largest absolute Gasteiger partial charge is 0.493 e. The number of carbonyl (C=O) groups is 1. The molecular formula is C21H23F3N4O4. The summed E-state index contributed by atoms with van der Waals surface area (Å²) < 4.78 is 58.0. The van der Waals surface area contributed by atoms with Crippen LogP contribution < -0.4 is 19.5 Å². The highest BCUT2D eigenvalue weighted by atomic mass is 19.4. The minimum atomic E-state index is -4.74. The van der Waals surface area contributed by atoms with E-state index in [2.05, 4.69) is 15.4 Å². The van der Waals surface area contributed by atoms with Crippen molar-refractivity contribution < 1.29 is 32.2 Å². The fourth-order valence-electron chi connectivity index (χ4n) is 3.11. The highest BCUT2D eigenvalue weighted by Crippen LogP contribution is 2.42. The summed E-state index contributed by atoms with van der Waals surface area (Å²) in [6.07, 6.45) is -3.01. The summed E-state index contributed by atoms with van der Waals surface area (Å²) >= 11 is 0. The Labute approximate surface area is 182 Å². The highest BCUT2D eigenvalue weighted by Gasteiger charge is 2.36. The third-order valence-electron chi connectivity index (χ3n) is 4.96. The van der Waals surface area contributed by atoms with Gasteiger partial charge < -0.3 is 19.5 Å². The van der Waals surface area contributed by atoms with E-state index in [-0.39, 0.29) is 45.8 Å². The predicted octanol–water partition coefficient (Wildman–Crippen LogP) is 3.97. The molecule has 0 aliphatic heterocycles. The van der Waals surface area contributed by atoms with E-state index in [4.69, 9.17) is 14.2 Å². The number of nitrogens with one attached hydrogen (secondary N) is 1. The summed E-state index contributed by atoms with van der Waals surface area (Å²) in [7, 11) is 4.21. The highest BCUT2D eigenvalue weighted by molar-refractivity contribution is 6.00. The van der Waals surface area contributed by atoms with E-state index >= 15 is 0 Å². The molecule has 0 radical (unpaired) electrons. The van der Waals surface area contributed by atoms with Gasteiger partial charge in [0.25, 0.3) is 5.91 Å². The van der Waals surface area contributed by atoms with E-state index in [0.717, 1.165) is 12.3 Å². The van der Waals surface area contributed by atoms with E-state index in [1.54, 1.807) is 6.92 Å². The van der Waals surface area contributed by atoms with Crippen molar-refractivity contribution >= 4 is 11.6 Å². The standard InChI is InChI=1S/C21H23F3N4O4/c1-6-11(2)26-20(29)13-10-25-28-17(21(22,23)24)9-14(27-19(13)28)12-7-15(30-3)18(32-5)16(8-12)31-4/h7-11H,6H2,1-5H3,(H,26,29)/t11-/m1/s1. The number of nitrogens with zero attached hydrogens (tertiary/aromatic N) is 3. The van der Waals surface area contributed by atoms with E-state index in [1.165, 1.54) is 33.5 Å². The van der Waals surface area contributed by atoms with Crippen LogP contribution in [-0.4, -0.2) is 47.9 Å². The van der Waals surface area contributed by atoms with Gasteiger partial charge in [-0.25, -0.2) is 9.50 Å². The molecule has 1 atom stereocenters. The first kappa shape index (κ1) is 23.2. The number of alkyl halides is 3. The maximum absolute atomic E-state index is 13.8. The molecule has 0 saturated heterocycles. The normalized spacial score (nSPS) is 12.5. The van der Waals surface area contributed by atoms with Gasteiger partial charge in [-0.2, -0.15) is 18.3 Å². The van der Waals surface area contributed by atoms with E-state index in [1.807, 2.05) is 6.92 Å². The van der Waals surface area contributed by atoms with Crippen LogP contribution in [0.4, 0.5) is 13.2 Å². The van der Waals surface area contributed by atoms with Crippen LogP contribution in [0.5, 0.6) is 17.2 Å². The first-order chi connectivity index (χ1) is 15.1. The van der Waals surface area contributed by atoms with E-state index in [9.17, 15) is 18.0 Å². The second-order valence-electron chi connectivity index (χ2n) is 7.01. The van der Waals surface area contributed by atoms with Crippen LogP contribution in [0.1, 0.15) is 36.3 Å². The summed E-state index contributed by atoms with van der Waals surface area (Å²) in [5, 5.41) is 6.50. The third-order valence-corrected chi connectivity index (χ3v) is 4.96. The van der Waals surface area contributed by atoms with Crippen LogP contribution in [0.15, 0.2) is 24.4 Å². The number of halogens is 3. The zero-order chi connectivity index (χ0) is 23.6. The topological polar surface area (TPSA) is 87.0 Å². The van der Waals surface area contributed by atoms with Gasteiger partial charge in [-0.3, -0.25) is 4.79 Å². The number of methoxy groups -OCH3 is 3. The molecule has 0 spiro atoms. The Hall–Kier alpha value is -3.50. The number of aromatic nitrogens is 3. The average Bonchev–Trinajstić information content (AvgIpc) is 3.20. The maximum atomic E-state index is 13.8. The Morgan fingerprint density at radius 3 is 2.25 bits per heavy atom. The molecule has 0 unspecified atom stereocenters. The van der Waals surface area contributed by atoms with E-state index < -0.39 is 17.8 Å². The molecule has 1 aromatic carbocycles. The molecule has 1 N–H and O–H groups in total. The van der Waals surface area contributed by atoms with Crippen molar-refractivity contribution in [1.29, 1.82) is 0 Å². The zero-order valence-electron chi connectivity index (χ0n) is 18.2. The monoisotopic (exact) mass is 452 g/mol. The van der Waals surface area contributed by atoms with Crippen LogP contribution in [0, 0.1) is 0 Å². The van der Waals surface area contributed by atoms with Crippen LogP contribution in [0.2, 0.25) is 0 Å². The lowest BCUT2D eigenvalue weighted by molar-refractivity contribution is -0.142. The number of rotatable bonds is 7. The van der Waals surface area contributed by atoms with Crippen LogP contribution in [0.3, 0.4) is 0 Å². The summed E-state index contributed by atoms with van der Waals surface area (Å²) in [4.78, 5) is 17.0. The molecule has 3 rings (SSSR count). The van der Waals surface area contributed by atoms with Gasteiger partial charge in [0.1, 0.15) is 5.56 Å². The van der Waals surface area contributed by atoms with Gasteiger partial charge in [0, 0.05) is 11.6 Å². The Morgan fingerprint density at radius 1 is 1.12 bits per heavy atom. The SMILES string of the molecule is CC[C@@H](C)NC(=O)c1cnn2c(C(F)(F)F)cc(-c3cc(OC)c(OC)c(OC)c3)nc12. The van der Waals surface area contributed by atoms with Crippen LogP contribution >= 0.6 is 0 Å². The Morgan fingerprint density at radius 2 is 1.75 bits per heavy atom. The first-order valence-electron chi connectivity index (χ1n) is 9.71. The maximum Gasteiger partial charge on any atom is 0.433 e. The second kappa shape index (κ2) is 8.93. The number of ether oxygens (including phenoxy) is 3. The van der Waals surface area contributed by atoms with Crippen molar-refractivity contribution in [2.24, 2.45) is 0 Å². The van der Waals surface area contributed by atoms with Crippen LogP contribution in [-0.2, 0) is 6.18 Å². The molecule has 0 aliphatic rings. The molecule has 0 aliphatic carbocycles. The number of hydrogen-bond donors (Lipinski definition) is 1. The lowest BCUT2D eigenvalue weighted by Crippen LogP contribution is -2.32. The smallest absolute Gasteiger partial charge is 0.433 e. The Kier molecular flexibility index (Phi) is 6.47. The van der Waals surface area contributed by atoms with Gasteiger partial charge in [-0.1, -0.05) is 6.92 Å². The molecule has 172 valence electrons. The van der Waals surface area contributed by atoms with Crippen molar-refractivity contribution in [1.82, 2.24) is 19.9 Å². The lowest BCUT2D eigenvalue weighted by Gasteiger charge is -2.15. The summed E-state index contributed by atoms with van der Waals surface area (Å²) in [5.74, 6) is 0.228. The summed E-state index contributed by atoms with van der Waals surface area (Å²) in [5.41, 5.74) is -1.12. The molecule has 0 saturated carbocycles. The van der Waals surface area contributed by atoms with Gasteiger partial charge in [0.05, 0.1) is 33.2 Å². The minimum Gasteiger partial charge on any atom is -0.493 e. The van der Waals surface area contributed by atoms with Gasteiger partial charge in [0.2, 0.25) is 5.75 Å². The van der Waals surface area contributed by atoms with Crippen molar-refractivity contribution in [2.45, 2.75) is 32.5 Å². The molecule has 11 heteroatoms. The number of carbonyl (C=O) groups excluding carboxylic acids is 1. The van der Waals surface area contributed by atoms with Gasteiger partial charge in [-0.05, 0) is 31.5 Å². The lowest BCUT2D eigenvalue weighted by atomic mass is 10.1. The van der Waals surface area contributed by atoms with Gasteiger partial charge >= 0.3 is 6.18 Å². The molecule has 0 fully saturated rings. The number of benzene rings is 1. The Bertz CT molecular complexity index is 1120. The van der Waals surface area contributed by atoms with Crippen molar-refractivity contribution in [3.05, 3.63) is 35.7 Å². The van der Waals surface area contributed by atoms with Crippen LogP contribution in [0.25, 0.3) is 16.9 Å². The Balaban J connectivity index is 2.27. The molecular weight excluding hydrogens is 429 g/mol. The zero-order valence-corrected chi connectivity index (χ0v) is 18.2. The number of hydrogen-bond acceptors (Lipinski definition) is 6. The summed E-state index contributed by atoms with van der Waals surface area (Å²) in [6.45, 7) is 3.67. The fraction of sp³-hybridized carbons (Fsp3) is 0.381. The first-order valence-corrected chi connectivity index (χ1v) is 9.71. The molecule has 32 heavy (non-hydrogen) atoms. The molecule has 2 heterocycles. The minimum absolute atomic E-state index is 0.0397. The molecule has 3 aromatic rings. The van der Waals surface area contributed by atoms with Crippen molar-refractivity contribution in [2.75, 3.05) is 21.3 Å². The average molecular weight is 452 g/mol. The molecule has 2 aromatic heterocycles.